The third-order valence-corrected chi connectivity index (χ3v) is 3.48. The van der Waals surface area contributed by atoms with Crippen LogP contribution in [0.2, 0.25) is 0 Å². The molecule has 0 fully saturated rings. The standard InChI is InChI=1S/C16H26N2O/c1-6-13-8-10-14(11-9-13)17-12(3)15(19)18-16(4,5)7-2/h8-12,17H,6-7H2,1-5H3,(H,18,19). The van der Waals surface area contributed by atoms with Crippen molar-refractivity contribution >= 4 is 11.6 Å². The van der Waals surface area contributed by atoms with E-state index in [0.29, 0.717) is 0 Å². The average Bonchev–Trinajstić information content (AvgIpc) is 2.39. The van der Waals surface area contributed by atoms with Gasteiger partial charge in [0.25, 0.3) is 0 Å². The molecule has 106 valence electrons. The maximum absolute atomic E-state index is 12.1. The lowest BCUT2D eigenvalue weighted by molar-refractivity contribution is -0.123. The Labute approximate surface area is 116 Å². The predicted molar refractivity (Wildman–Crippen MR) is 81.4 cm³/mol. The van der Waals surface area contributed by atoms with Crippen molar-refractivity contribution in [3.63, 3.8) is 0 Å². The number of nitrogens with one attached hydrogen (secondary N) is 2. The van der Waals surface area contributed by atoms with Gasteiger partial charge in [-0.2, -0.15) is 0 Å². The predicted octanol–water partition coefficient (Wildman–Crippen LogP) is 3.35. The van der Waals surface area contributed by atoms with Gasteiger partial charge in [-0.15, -0.1) is 0 Å². The van der Waals surface area contributed by atoms with Crippen molar-refractivity contribution in [3.05, 3.63) is 29.8 Å². The fourth-order valence-electron chi connectivity index (χ4n) is 1.68. The van der Waals surface area contributed by atoms with Gasteiger partial charge >= 0.3 is 0 Å². The average molecular weight is 262 g/mol. The van der Waals surface area contributed by atoms with E-state index in [1.165, 1.54) is 5.56 Å². The molecule has 0 spiro atoms. The summed E-state index contributed by atoms with van der Waals surface area (Å²) in [5.41, 5.74) is 2.13. The molecule has 0 bridgehead atoms. The number of hydrogen-bond acceptors (Lipinski definition) is 2. The van der Waals surface area contributed by atoms with Gasteiger partial charge in [0.05, 0.1) is 0 Å². The zero-order chi connectivity index (χ0) is 14.5. The summed E-state index contributed by atoms with van der Waals surface area (Å²) < 4.78 is 0. The summed E-state index contributed by atoms with van der Waals surface area (Å²) in [6, 6.07) is 7.98. The van der Waals surface area contributed by atoms with Gasteiger partial charge in [0.1, 0.15) is 6.04 Å². The second kappa shape index (κ2) is 6.60. The third-order valence-electron chi connectivity index (χ3n) is 3.48. The number of hydrogen-bond donors (Lipinski definition) is 2. The van der Waals surface area contributed by atoms with Gasteiger partial charge < -0.3 is 10.6 Å². The van der Waals surface area contributed by atoms with Crippen LogP contribution in [-0.2, 0) is 11.2 Å². The molecular formula is C16H26N2O. The SMILES string of the molecule is CCc1ccc(NC(C)C(=O)NC(C)(C)CC)cc1. The van der Waals surface area contributed by atoms with Gasteiger partial charge in [-0.1, -0.05) is 26.0 Å². The first kappa shape index (κ1) is 15.5. The van der Waals surface area contributed by atoms with Gasteiger partial charge in [0, 0.05) is 11.2 Å². The van der Waals surface area contributed by atoms with E-state index in [2.05, 4.69) is 36.6 Å². The molecule has 0 aliphatic rings. The number of anilines is 1. The molecule has 0 aliphatic carbocycles. The molecule has 3 nitrogen and oxygen atoms in total. The van der Waals surface area contributed by atoms with Crippen LogP contribution in [0.15, 0.2) is 24.3 Å². The van der Waals surface area contributed by atoms with Crippen LogP contribution < -0.4 is 10.6 Å². The number of aryl methyl sites for hydroxylation is 1. The molecule has 3 heteroatoms. The van der Waals surface area contributed by atoms with E-state index in [-0.39, 0.29) is 17.5 Å². The fraction of sp³-hybridized carbons (Fsp3) is 0.562. The minimum absolute atomic E-state index is 0.0337. The maximum atomic E-state index is 12.1. The molecule has 1 unspecified atom stereocenters. The summed E-state index contributed by atoms with van der Waals surface area (Å²) >= 11 is 0. The second-order valence-electron chi connectivity index (χ2n) is 5.64. The highest BCUT2D eigenvalue weighted by Gasteiger charge is 2.21. The Morgan fingerprint density at radius 3 is 2.26 bits per heavy atom. The van der Waals surface area contributed by atoms with Crippen LogP contribution in [-0.4, -0.2) is 17.5 Å². The molecule has 0 radical (unpaired) electrons. The van der Waals surface area contributed by atoms with Crippen molar-refractivity contribution in [1.29, 1.82) is 0 Å². The van der Waals surface area contributed by atoms with E-state index in [4.69, 9.17) is 0 Å². The Bertz CT molecular complexity index is 409. The van der Waals surface area contributed by atoms with Crippen molar-refractivity contribution < 1.29 is 4.79 Å². The maximum Gasteiger partial charge on any atom is 0.242 e. The first-order chi connectivity index (χ1) is 8.88. The summed E-state index contributed by atoms with van der Waals surface area (Å²) in [4.78, 5) is 12.1. The minimum atomic E-state index is -0.238. The molecule has 0 heterocycles. The molecule has 1 aromatic carbocycles. The topological polar surface area (TPSA) is 41.1 Å². The van der Waals surface area contributed by atoms with Crippen molar-refractivity contribution in [2.24, 2.45) is 0 Å². The van der Waals surface area contributed by atoms with E-state index >= 15 is 0 Å². The van der Waals surface area contributed by atoms with Crippen LogP contribution in [0.25, 0.3) is 0 Å². The van der Waals surface area contributed by atoms with Crippen LogP contribution in [0, 0.1) is 0 Å². The molecule has 19 heavy (non-hydrogen) atoms. The van der Waals surface area contributed by atoms with Gasteiger partial charge in [-0.05, 0) is 51.3 Å². The van der Waals surface area contributed by atoms with Crippen LogP contribution in [0.3, 0.4) is 0 Å². The first-order valence-electron chi connectivity index (χ1n) is 7.05. The molecule has 2 N–H and O–H groups in total. The largest absolute Gasteiger partial charge is 0.374 e. The molecule has 1 rings (SSSR count). The monoisotopic (exact) mass is 262 g/mol. The molecule has 0 aliphatic heterocycles. The molecule has 0 saturated heterocycles. The Balaban J connectivity index is 2.58. The molecule has 1 amide bonds. The van der Waals surface area contributed by atoms with E-state index in [1.54, 1.807) is 0 Å². The van der Waals surface area contributed by atoms with Crippen LogP contribution in [0.5, 0.6) is 0 Å². The Kier molecular flexibility index (Phi) is 5.40. The van der Waals surface area contributed by atoms with Crippen molar-refractivity contribution in [3.8, 4) is 0 Å². The number of carbonyl (C=O) groups excluding carboxylic acids is 1. The summed E-state index contributed by atoms with van der Waals surface area (Å²) in [5, 5.41) is 6.27. The van der Waals surface area contributed by atoms with E-state index < -0.39 is 0 Å². The lowest BCUT2D eigenvalue weighted by Gasteiger charge is -2.27. The summed E-state index contributed by atoms with van der Waals surface area (Å²) in [6.45, 7) is 10.2. The molecular weight excluding hydrogens is 236 g/mol. The normalized spacial score (nSPS) is 12.9. The van der Waals surface area contributed by atoms with Gasteiger partial charge in [-0.25, -0.2) is 0 Å². The molecule has 1 atom stereocenters. The second-order valence-corrected chi connectivity index (χ2v) is 5.64. The van der Waals surface area contributed by atoms with Crippen molar-refractivity contribution in [2.75, 3.05) is 5.32 Å². The number of carbonyl (C=O) groups is 1. The lowest BCUT2D eigenvalue weighted by atomic mass is 10.0. The Morgan fingerprint density at radius 1 is 1.21 bits per heavy atom. The number of rotatable bonds is 6. The van der Waals surface area contributed by atoms with Crippen LogP contribution >= 0.6 is 0 Å². The summed E-state index contributed by atoms with van der Waals surface area (Å²) in [7, 11) is 0. The van der Waals surface area contributed by atoms with Gasteiger partial charge in [-0.3, -0.25) is 4.79 Å². The molecule has 0 saturated carbocycles. The molecule has 1 aromatic rings. The highest BCUT2D eigenvalue weighted by atomic mass is 16.2. The van der Waals surface area contributed by atoms with E-state index in [0.717, 1.165) is 18.5 Å². The Hall–Kier alpha value is -1.51. The smallest absolute Gasteiger partial charge is 0.242 e. The van der Waals surface area contributed by atoms with Crippen LogP contribution in [0.1, 0.15) is 46.6 Å². The highest BCUT2D eigenvalue weighted by molar-refractivity contribution is 5.84. The minimum Gasteiger partial charge on any atom is -0.374 e. The molecule has 0 aromatic heterocycles. The van der Waals surface area contributed by atoms with Gasteiger partial charge in [0.15, 0.2) is 0 Å². The van der Waals surface area contributed by atoms with E-state index in [1.807, 2.05) is 32.9 Å². The zero-order valence-electron chi connectivity index (χ0n) is 12.7. The Morgan fingerprint density at radius 2 is 1.79 bits per heavy atom. The first-order valence-corrected chi connectivity index (χ1v) is 7.05. The summed E-state index contributed by atoms with van der Waals surface area (Å²) in [5.74, 6) is 0.0337. The fourth-order valence-corrected chi connectivity index (χ4v) is 1.68. The van der Waals surface area contributed by atoms with Crippen molar-refractivity contribution in [2.45, 2.75) is 59.0 Å². The zero-order valence-corrected chi connectivity index (χ0v) is 12.7. The number of amides is 1. The highest BCUT2D eigenvalue weighted by Crippen LogP contribution is 2.12. The third kappa shape index (κ3) is 4.93. The quantitative estimate of drug-likeness (QED) is 0.825. The lowest BCUT2D eigenvalue weighted by Crippen LogP contribution is -2.48. The van der Waals surface area contributed by atoms with Crippen molar-refractivity contribution in [1.82, 2.24) is 5.32 Å². The van der Waals surface area contributed by atoms with Gasteiger partial charge in [0.2, 0.25) is 5.91 Å². The summed E-state index contributed by atoms with van der Waals surface area (Å²) in [6.07, 6.45) is 1.94. The number of benzene rings is 1. The van der Waals surface area contributed by atoms with Crippen LogP contribution in [0.4, 0.5) is 5.69 Å². The van der Waals surface area contributed by atoms with E-state index in [9.17, 15) is 4.79 Å².